The van der Waals surface area contributed by atoms with E-state index >= 15 is 0 Å². The van der Waals surface area contributed by atoms with Crippen molar-refractivity contribution in [2.45, 2.75) is 143 Å². The first-order valence-electron chi connectivity index (χ1n) is 14.4. The Balaban J connectivity index is 2.10. The highest BCUT2D eigenvalue weighted by atomic mass is 15.1. The third-order valence-electron chi connectivity index (χ3n) is 10.4. The standard InChI is InChI=1S/C34H52N2/c1-14-16-33(12)31(8,9)24-20-25-29(36-34(13,17-15-2)32(25,10)11)27(28(24)35-33)26-21(3)18-23(19-22(26)4)30(5,6)7/h18-20,35-36H,14-17H2,1-13H3. The smallest absolute Gasteiger partial charge is 0.0484 e. The van der Waals surface area contributed by atoms with Crippen LogP contribution < -0.4 is 10.6 Å². The van der Waals surface area contributed by atoms with Crippen LogP contribution in [0.5, 0.6) is 0 Å². The first-order valence-corrected chi connectivity index (χ1v) is 14.4. The van der Waals surface area contributed by atoms with Gasteiger partial charge < -0.3 is 10.6 Å². The van der Waals surface area contributed by atoms with E-state index in [0.717, 1.165) is 12.8 Å². The molecule has 4 rings (SSSR count). The molecular formula is C34H52N2. The fourth-order valence-electron chi connectivity index (χ4n) is 7.18. The lowest BCUT2D eigenvalue weighted by Gasteiger charge is -2.40. The van der Waals surface area contributed by atoms with Gasteiger partial charge in [0.05, 0.1) is 0 Å². The van der Waals surface area contributed by atoms with Gasteiger partial charge in [0.25, 0.3) is 0 Å². The lowest BCUT2D eigenvalue weighted by atomic mass is 9.66. The summed E-state index contributed by atoms with van der Waals surface area (Å²) < 4.78 is 0. The van der Waals surface area contributed by atoms with Crippen LogP contribution in [0, 0.1) is 13.8 Å². The van der Waals surface area contributed by atoms with Crippen LogP contribution in [-0.4, -0.2) is 11.1 Å². The number of nitrogens with one attached hydrogen (secondary N) is 2. The molecule has 0 radical (unpaired) electrons. The predicted octanol–water partition coefficient (Wildman–Crippen LogP) is 9.79. The zero-order valence-corrected chi connectivity index (χ0v) is 25.6. The molecule has 2 unspecified atom stereocenters. The third kappa shape index (κ3) is 3.64. The minimum atomic E-state index is 0.0257. The molecule has 2 heterocycles. The maximum atomic E-state index is 4.14. The Bertz CT molecular complexity index is 1110. The Morgan fingerprint density at radius 3 is 1.36 bits per heavy atom. The van der Waals surface area contributed by atoms with E-state index in [-0.39, 0.29) is 27.3 Å². The van der Waals surface area contributed by atoms with Crippen molar-refractivity contribution in [3.8, 4) is 11.1 Å². The summed E-state index contributed by atoms with van der Waals surface area (Å²) in [6.07, 6.45) is 4.66. The molecule has 0 fully saturated rings. The van der Waals surface area contributed by atoms with Crippen molar-refractivity contribution < 1.29 is 0 Å². The average molecular weight is 489 g/mol. The van der Waals surface area contributed by atoms with Crippen LogP contribution in [0.25, 0.3) is 11.1 Å². The van der Waals surface area contributed by atoms with E-state index in [0.29, 0.717) is 0 Å². The SMILES string of the molecule is CCCC1(C)Nc2c(cc3c(c2-c2c(C)cc(C(C)(C)C)cc2C)NC(C)(CCC)C3(C)C)C1(C)C. The summed E-state index contributed by atoms with van der Waals surface area (Å²) in [6, 6.07) is 7.44. The summed E-state index contributed by atoms with van der Waals surface area (Å²) in [5.74, 6) is 0. The monoisotopic (exact) mass is 488 g/mol. The molecule has 2 aromatic carbocycles. The molecule has 0 aliphatic carbocycles. The number of rotatable bonds is 5. The first-order chi connectivity index (χ1) is 16.4. The van der Waals surface area contributed by atoms with Gasteiger partial charge in [0.15, 0.2) is 0 Å². The molecule has 36 heavy (non-hydrogen) atoms. The molecule has 0 aromatic heterocycles. The fourth-order valence-corrected chi connectivity index (χ4v) is 7.18. The molecule has 0 saturated heterocycles. The van der Waals surface area contributed by atoms with Crippen molar-refractivity contribution in [2.75, 3.05) is 10.6 Å². The molecule has 0 saturated carbocycles. The Kier molecular flexibility index (Phi) is 6.22. The van der Waals surface area contributed by atoms with Crippen molar-refractivity contribution in [2.24, 2.45) is 0 Å². The highest BCUT2D eigenvalue weighted by molar-refractivity contribution is 5.98. The third-order valence-corrected chi connectivity index (χ3v) is 10.4. The Morgan fingerprint density at radius 1 is 0.639 bits per heavy atom. The molecule has 2 heteroatoms. The van der Waals surface area contributed by atoms with Crippen molar-refractivity contribution in [1.29, 1.82) is 0 Å². The normalized spacial score (nSPS) is 25.8. The van der Waals surface area contributed by atoms with E-state index in [9.17, 15) is 0 Å². The van der Waals surface area contributed by atoms with E-state index in [4.69, 9.17) is 0 Å². The predicted molar refractivity (Wildman–Crippen MR) is 160 cm³/mol. The van der Waals surface area contributed by atoms with E-state index in [1.54, 1.807) is 0 Å². The molecule has 2 aliphatic heterocycles. The fraction of sp³-hybridized carbons (Fsp3) is 0.647. The Morgan fingerprint density at radius 2 is 1.03 bits per heavy atom. The summed E-state index contributed by atoms with van der Waals surface area (Å²) >= 11 is 0. The van der Waals surface area contributed by atoms with Gasteiger partial charge >= 0.3 is 0 Å². The lowest BCUT2D eigenvalue weighted by Crippen LogP contribution is -2.47. The minimum absolute atomic E-state index is 0.0257. The summed E-state index contributed by atoms with van der Waals surface area (Å²) in [7, 11) is 0. The second-order valence-corrected chi connectivity index (χ2v) is 14.5. The number of hydrogen-bond acceptors (Lipinski definition) is 2. The zero-order valence-electron chi connectivity index (χ0n) is 25.6. The summed E-state index contributed by atoms with van der Waals surface area (Å²) in [5.41, 5.74) is 12.9. The van der Waals surface area contributed by atoms with Crippen LogP contribution in [0.1, 0.15) is 130 Å². The van der Waals surface area contributed by atoms with Crippen molar-refractivity contribution >= 4 is 11.4 Å². The number of aryl methyl sites for hydroxylation is 2. The van der Waals surface area contributed by atoms with Gasteiger partial charge in [-0.1, -0.05) is 93.4 Å². The topological polar surface area (TPSA) is 24.1 Å². The molecule has 2 nitrogen and oxygen atoms in total. The highest BCUT2D eigenvalue weighted by Crippen LogP contribution is 2.61. The molecule has 2 aliphatic rings. The minimum Gasteiger partial charge on any atom is -0.378 e. The second-order valence-electron chi connectivity index (χ2n) is 14.5. The number of anilines is 2. The van der Waals surface area contributed by atoms with Gasteiger partial charge in [-0.2, -0.15) is 0 Å². The molecule has 0 amide bonds. The molecular weight excluding hydrogens is 436 g/mol. The van der Waals surface area contributed by atoms with Crippen LogP contribution >= 0.6 is 0 Å². The van der Waals surface area contributed by atoms with Crippen molar-refractivity contribution in [3.63, 3.8) is 0 Å². The molecule has 198 valence electrons. The molecule has 2 aromatic rings. The maximum absolute atomic E-state index is 4.14. The average Bonchev–Trinajstić information content (AvgIpc) is 3.05. The highest BCUT2D eigenvalue weighted by Gasteiger charge is 2.54. The van der Waals surface area contributed by atoms with Gasteiger partial charge in [-0.05, 0) is 79.3 Å². The van der Waals surface area contributed by atoms with Gasteiger partial charge in [0, 0.05) is 38.8 Å². The van der Waals surface area contributed by atoms with Gasteiger partial charge in [-0.3, -0.25) is 0 Å². The number of hydrogen-bond donors (Lipinski definition) is 2. The van der Waals surface area contributed by atoms with Crippen LogP contribution in [0.3, 0.4) is 0 Å². The second kappa shape index (κ2) is 8.27. The van der Waals surface area contributed by atoms with Gasteiger partial charge in [-0.25, -0.2) is 0 Å². The van der Waals surface area contributed by atoms with Gasteiger partial charge in [0.2, 0.25) is 0 Å². The molecule has 2 N–H and O–H groups in total. The Hall–Kier alpha value is -1.96. The van der Waals surface area contributed by atoms with E-state index in [1.165, 1.54) is 63.2 Å². The van der Waals surface area contributed by atoms with E-state index in [2.05, 4.69) is 119 Å². The van der Waals surface area contributed by atoms with Gasteiger partial charge in [-0.15, -0.1) is 0 Å². The van der Waals surface area contributed by atoms with Crippen molar-refractivity contribution in [1.82, 2.24) is 0 Å². The molecule has 0 bridgehead atoms. The molecule has 0 spiro atoms. The summed E-state index contributed by atoms with van der Waals surface area (Å²) in [6.45, 7) is 30.9. The quantitative estimate of drug-likeness (QED) is 0.437. The van der Waals surface area contributed by atoms with Gasteiger partial charge in [0.1, 0.15) is 0 Å². The van der Waals surface area contributed by atoms with Crippen LogP contribution in [0.15, 0.2) is 18.2 Å². The molecule has 2 atom stereocenters. The lowest BCUT2D eigenvalue weighted by molar-refractivity contribution is 0.301. The zero-order chi connectivity index (χ0) is 27.1. The number of fused-ring (bicyclic) bond motifs is 2. The van der Waals surface area contributed by atoms with Crippen LogP contribution in [0.2, 0.25) is 0 Å². The van der Waals surface area contributed by atoms with E-state index in [1.807, 2.05) is 0 Å². The van der Waals surface area contributed by atoms with Crippen LogP contribution in [0.4, 0.5) is 11.4 Å². The summed E-state index contributed by atoms with van der Waals surface area (Å²) in [5, 5.41) is 8.29. The largest absolute Gasteiger partial charge is 0.378 e. The van der Waals surface area contributed by atoms with Crippen LogP contribution in [-0.2, 0) is 16.2 Å². The first kappa shape index (κ1) is 27.1. The summed E-state index contributed by atoms with van der Waals surface area (Å²) in [4.78, 5) is 0. The van der Waals surface area contributed by atoms with E-state index < -0.39 is 0 Å². The Labute approximate surface area is 222 Å². The number of benzene rings is 2. The maximum Gasteiger partial charge on any atom is 0.0484 e. The van der Waals surface area contributed by atoms with Crippen molar-refractivity contribution in [3.05, 3.63) is 46.0 Å².